The van der Waals surface area contributed by atoms with Crippen LogP contribution in [0.25, 0.3) is 0 Å². The van der Waals surface area contributed by atoms with Crippen LogP contribution < -0.4 is 10.3 Å². The Kier molecular flexibility index (Phi) is 5.50. The summed E-state index contributed by atoms with van der Waals surface area (Å²) >= 11 is 0. The Morgan fingerprint density at radius 3 is 2.39 bits per heavy atom. The molecule has 1 saturated heterocycles. The van der Waals surface area contributed by atoms with Crippen LogP contribution in [0.5, 0.6) is 6.01 Å². The Morgan fingerprint density at radius 1 is 1.00 bits per heavy atom. The van der Waals surface area contributed by atoms with Crippen molar-refractivity contribution in [3.8, 4) is 6.01 Å². The zero-order valence-corrected chi connectivity index (χ0v) is 16.6. The molecule has 5 rings (SSSR count). The lowest BCUT2D eigenvalue weighted by Gasteiger charge is -2.22. The highest BCUT2D eigenvalue weighted by Crippen LogP contribution is 2.40. The SMILES string of the molecule is O=c1nc2n(cc1F)[C@@H]1O[C@H](COCc3ccccc3)[C@H](OCc3ccccc3)[C@@H]1O2. The first-order valence-electron chi connectivity index (χ1n) is 10.1. The van der Waals surface area contributed by atoms with Crippen LogP contribution in [-0.4, -0.2) is 34.5 Å². The van der Waals surface area contributed by atoms with Gasteiger partial charge in [0.2, 0.25) is 5.82 Å². The van der Waals surface area contributed by atoms with Crippen LogP contribution in [-0.2, 0) is 27.4 Å². The molecular weight excluding hydrogens is 403 g/mol. The van der Waals surface area contributed by atoms with Gasteiger partial charge in [-0.05, 0) is 11.1 Å². The lowest BCUT2D eigenvalue weighted by Crippen LogP contribution is -2.38. The molecule has 0 radical (unpaired) electrons. The smallest absolute Gasteiger partial charge is 0.311 e. The van der Waals surface area contributed by atoms with E-state index in [1.165, 1.54) is 4.57 Å². The molecule has 4 atom stereocenters. The molecule has 8 heteroatoms. The van der Waals surface area contributed by atoms with Gasteiger partial charge in [0.15, 0.2) is 12.3 Å². The molecule has 0 amide bonds. The van der Waals surface area contributed by atoms with Gasteiger partial charge in [-0.3, -0.25) is 9.36 Å². The van der Waals surface area contributed by atoms with E-state index in [0.29, 0.717) is 13.2 Å². The van der Waals surface area contributed by atoms with Crippen molar-refractivity contribution in [2.24, 2.45) is 0 Å². The van der Waals surface area contributed by atoms with Crippen LogP contribution in [0.1, 0.15) is 17.4 Å². The highest BCUT2D eigenvalue weighted by atomic mass is 19.1. The number of hydrogen-bond acceptors (Lipinski definition) is 6. The molecule has 0 saturated carbocycles. The molecule has 7 nitrogen and oxygen atoms in total. The van der Waals surface area contributed by atoms with E-state index in [9.17, 15) is 9.18 Å². The minimum absolute atomic E-state index is 0.0263. The van der Waals surface area contributed by atoms with E-state index in [0.717, 1.165) is 17.3 Å². The monoisotopic (exact) mass is 424 g/mol. The van der Waals surface area contributed by atoms with E-state index in [2.05, 4.69) is 4.98 Å². The van der Waals surface area contributed by atoms with Gasteiger partial charge in [-0.2, -0.15) is 9.37 Å². The Hall–Kier alpha value is -3.07. The van der Waals surface area contributed by atoms with Crippen molar-refractivity contribution in [2.45, 2.75) is 37.8 Å². The van der Waals surface area contributed by atoms with Crippen molar-refractivity contribution in [1.29, 1.82) is 0 Å². The summed E-state index contributed by atoms with van der Waals surface area (Å²) in [6.45, 7) is 1.06. The molecule has 3 aromatic rings. The van der Waals surface area contributed by atoms with Gasteiger partial charge in [-0.1, -0.05) is 60.7 Å². The highest BCUT2D eigenvalue weighted by Gasteiger charge is 2.52. The van der Waals surface area contributed by atoms with Crippen molar-refractivity contribution < 1.29 is 23.3 Å². The van der Waals surface area contributed by atoms with E-state index in [1.807, 2.05) is 60.7 Å². The second-order valence-electron chi connectivity index (χ2n) is 7.49. The van der Waals surface area contributed by atoms with Crippen LogP contribution in [0.4, 0.5) is 4.39 Å². The minimum Gasteiger partial charge on any atom is -0.453 e. The third-order valence-corrected chi connectivity index (χ3v) is 5.35. The topological polar surface area (TPSA) is 71.8 Å². The molecule has 0 spiro atoms. The van der Waals surface area contributed by atoms with Gasteiger partial charge < -0.3 is 18.9 Å². The molecule has 31 heavy (non-hydrogen) atoms. The molecule has 3 heterocycles. The van der Waals surface area contributed by atoms with E-state index in [1.54, 1.807) is 0 Å². The summed E-state index contributed by atoms with van der Waals surface area (Å²) in [5, 5.41) is 0. The van der Waals surface area contributed by atoms with Gasteiger partial charge in [-0.25, -0.2) is 0 Å². The van der Waals surface area contributed by atoms with Crippen LogP contribution in [0.3, 0.4) is 0 Å². The number of rotatable bonds is 7. The van der Waals surface area contributed by atoms with Gasteiger partial charge in [0, 0.05) is 0 Å². The number of aromatic nitrogens is 2. The average Bonchev–Trinajstić information content (AvgIpc) is 3.30. The standard InChI is InChI=1S/C23H21FN2O5/c24-17-11-26-22-20(31-23(26)25-21(17)27)19(29-13-16-9-5-2-6-10-16)18(30-22)14-28-12-15-7-3-1-4-8-15/h1-11,18-20,22H,12-14H2/t18-,19+,20+,22-/m1/s1. The Labute approximate surface area is 178 Å². The molecular formula is C23H21FN2O5. The van der Waals surface area contributed by atoms with Crippen LogP contribution in [0.2, 0.25) is 0 Å². The fraction of sp³-hybridized carbons (Fsp3) is 0.304. The maximum Gasteiger partial charge on any atom is 0.311 e. The van der Waals surface area contributed by atoms with E-state index >= 15 is 0 Å². The molecule has 0 N–H and O–H groups in total. The highest BCUT2D eigenvalue weighted by molar-refractivity contribution is 5.16. The van der Waals surface area contributed by atoms with Gasteiger partial charge >= 0.3 is 11.6 Å². The van der Waals surface area contributed by atoms with Crippen molar-refractivity contribution in [3.05, 3.63) is 94.2 Å². The number of halogens is 1. The normalized spacial score (nSPS) is 23.9. The van der Waals surface area contributed by atoms with Crippen LogP contribution in [0.15, 0.2) is 71.7 Å². The second kappa shape index (κ2) is 8.58. The summed E-state index contributed by atoms with van der Waals surface area (Å²) in [4.78, 5) is 15.2. The van der Waals surface area contributed by atoms with Gasteiger partial charge in [0.1, 0.15) is 12.2 Å². The summed E-state index contributed by atoms with van der Waals surface area (Å²) in [5.41, 5.74) is 1.09. The maximum absolute atomic E-state index is 13.8. The largest absolute Gasteiger partial charge is 0.453 e. The lowest BCUT2D eigenvalue weighted by molar-refractivity contribution is -0.0863. The molecule has 2 aliphatic rings. The molecule has 0 unspecified atom stereocenters. The van der Waals surface area contributed by atoms with E-state index in [4.69, 9.17) is 18.9 Å². The summed E-state index contributed by atoms with van der Waals surface area (Å²) in [6.07, 6.45) is -1.07. The second-order valence-corrected chi connectivity index (χ2v) is 7.49. The zero-order chi connectivity index (χ0) is 21.2. The molecule has 2 aliphatic heterocycles. The first-order valence-corrected chi connectivity index (χ1v) is 10.1. The molecule has 2 aromatic carbocycles. The summed E-state index contributed by atoms with van der Waals surface area (Å²) in [6, 6.07) is 19.6. The third kappa shape index (κ3) is 4.10. The predicted molar refractivity (Wildman–Crippen MR) is 108 cm³/mol. The molecule has 1 aromatic heterocycles. The predicted octanol–water partition coefficient (Wildman–Crippen LogP) is 2.84. The number of benzene rings is 2. The average molecular weight is 424 g/mol. The Morgan fingerprint density at radius 2 is 1.68 bits per heavy atom. The van der Waals surface area contributed by atoms with E-state index < -0.39 is 35.9 Å². The maximum atomic E-state index is 13.8. The molecule has 1 fully saturated rings. The number of ether oxygens (including phenoxy) is 4. The number of hydrogen-bond donors (Lipinski definition) is 0. The summed E-state index contributed by atoms with van der Waals surface area (Å²) < 4.78 is 39.2. The van der Waals surface area contributed by atoms with Gasteiger partial charge in [-0.15, -0.1) is 0 Å². The van der Waals surface area contributed by atoms with Gasteiger partial charge in [0.05, 0.1) is 26.0 Å². The lowest BCUT2D eigenvalue weighted by atomic mass is 10.1. The third-order valence-electron chi connectivity index (χ3n) is 5.35. The van der Waals surface area contributed by atoms with E-state index in [-0.39, 0.29) is 12.6 Å². The fourth-order valence-corrected chi connectivity index (χ4v) is 3.85. The van der Waals surface area contributed by atoms with Crippen molar-refractivity contribution >= 4 is 0 Å². The Bertz CT molecular complexity index is 1090. The first-order chi connectivity index (χ1) is 15.2. The molecule has 0 aliphatic carbocycles. The van der Waals surface area contributed by atoms with Gasteiger partial charge in [0.25, 0.3) is 0 Å². The van der Waals surface area contributed by atoms with Crippen LogP contribution in [0, 0.1) is 5.82 Å². The quantitative estimate of drug-likeness (QED) is 0.581. The number of fused-ring (bicyclic) bond motifs is 3. The number of nitrogens with zero attached hydrogens (tertiary/aromatic N) is 2. The molecule has 160 valence electrons. The minimum atomic E-state index is -0.962. The van der Waals surface area contributed by atoms with Crippen LogP contribution >= 0.6 is 0 Å². The molecule has 0 bridgehead atoms. The van der Waals surface area contributed by atoms with Crippen molar-refractivity contribution in [1.82, 2.24) is 9.55 Å². The summed E-state index contributed by atoms with van der Waals surface area (Å²) in [5.74, 6) is -0.956. The summed E-state index contributed by atoms with van der Waals surface area (Å²) in [7, 11) is 0. The van der Waals surface area contributed by atoms with Crippen molar-refractivity contribution in [3.63, 3.8) is 0 Å². The first kappa shape index (κ1) is 19.9. The zero-order valence-electron chi connectivity index (χ0n) is 16.6. The Balaban J connectivity index is 1.32. The van der Waals surface area contributed by atoms with Crippen molar-refractivity contribution in [2.75, 3.05) is 6.61 Å². The fourth-order valence-electron chi connectivity index (χ4n) is 3.85.